The van der Waals surface area contributed by atoms with Crippen molar-refractivity contribution in [2.24, 2.45) is 0 Å². The fourth-order valence-corrected chi connectivity index (χ4v) is 4.94. The molecule has 4 rings (SSSR count). The number of para-hydroxylation sites is 1. The summed E-state index contributed by atoms with van der Waals surface area (Å²) in [6, 6.07) is 17.0. The van der Waals surface area contributed by atoms with E-state index in [2.05, 4.69) is 0 Å². The van der Waals surface area contributed by atoms with E-state index < -0.39 is 21.9 Å². The van der Waals surface area contributed by atoms with Crippen LogP contribution in [-0.2, 0) is 16.6 Å². The molecule has 1 heterocycles. The Kier molecular flexibility index (Phi) is 4.87. The van der Waals surface area contributed by atoms with Gasteiger partial charge in [-0.15, -0.1) is 0 Å². The molecule has 0 saturated carbocycles. The third-order valence-electron chi connectivity index (χ3n) is 4.87. The van der Waals surface area contributed by atoms with Gasteiger partial charge >= 0.3 is 6.03 Å². The predicted molar refractivity (Wildman–Crippen MR) is 111 cm³/mol. The van der Waals surface area contributed by atoms with E-state index in [1.165, 1.54) is 60.4 Å². The van der Waals surface area contributed by atoms with Crippen LogP contribution in [0.1, 0.15) is 22.8 Å². The van der Waals surface area contributed by atoms with E-state index in [-0.39, 0.29) is 34.2 Å². The molecule has 8 heteroatoms. The first kappa shape index (κ1) is 19.8. The molecule has 0 unspecified atom stereocenters. The zero-order valence-electron chi connectivity index (χ0n) is 15.9. The van der Waals surface area contributed by atoms with Gasteiger partial charge in [0.25, 0.3) is 10.0 Å². The lowest BCUT2D eigenvalue weighted by Crippen LogP contribution is -2.50. The Labute approximate surface area is 173 Å². The smallest absolute Gasteiger partial charge is 0.295 e. The Morgan fingerprint density at radius 3 is 2.23 bits per heavy atom. The molecular weight excluding hydrogens is 407 g/mol. The number of anilines is 2. The molecule has 0 bridgehead atoms. The highest BCUT2D eigenvalue weighted by Gasteiger charge is 2.42. The zero-order valence-corrected chi connectivity index (χ0v) is 16.8. The maximum atomic E-state index is 14.2. The molecule has 2 amide bonds. The van der Waals surface area contributed by atoms with Gasteiger partial charge in [-0.2, -0.15) is 4.31 Å². The number of amides is 2. The summed E-state index contributed by atoms with van der Waals surface area (Å²) in [6.45, 7) is 1.25. The molecule has 0 aromatic heterocycles. The van der Waals surface area contributed by atoms with E-state index >= 15 is 0 Å². The normalized spacial score (nSPS) is 15.1. The highest BCUT2D eigenvalue weighted by Crippen LogP contribution is 2.38. The second kappa shape index (κ2) is 7.38. The van der Waals surface area contributed by atoms with Gasteiger partial charge in [0, 0.05) is 11.1 Å². The molecule has 30 heavy (non-hydrogen) atoms. The third-order valence-corrected chi connectivity index (χ3v) is 6.62. The van der Waals surface area contributed by atoms with Crippen molar-refractivity contribution in [3.8, 4) is 0 Å². The topological polar surface area (TPSA) is 74.8 Å². The number of Topliss-reactive ketones (excluding diaryl/α,β-unsaturated/α-hetero) is 1. The number of urea groups is 1. The average molecular weight is 424 g/mol. The summed E-state index contributed by atoms with van der Waals surface area (Å²) >= 11 is 0. The SMILES string of the molecule is CC(=O)c1ccc(N2C(=O)N(Cc3ccccc3F)c3ccccc3S2(=O)=O)cc1. The van der Waals surface area contributed by atoms with Crippen LogP contribution in [0.5, 0.6) is 0 Å². The third kappa shape index (κ3) is 3.25. The molecule has 3 aromatic rings. The summed E-state index contributed by atoms with van der Waals surface area (Å²) < 4.78 is 41.4. The van der Waals surface area contributed by atoms with Crippen molar-refractivity contribution in [2.45, 2.75) is 18.4 Å². The average Bonchev–Trinajstić information content (AvgIpc) is 2.73. The second-order valence-corrected chi connectivity index (χ2v) is 8.56. The van der Waals surface area contributed by atoms with E-state index in [9.17, 15) is 22.4 Å². The number of fused-ring (bicyclic) bond motifs is 1. The monoisotopic (exact) mass is 424 g/mol. The molecule has 0 fully saturated rings. The minimum Gasteiger partial charge on any atom is -0.295 e. The number of halogens is 1. The van der Waals surface area contributed by atoms with Crippen molar-refractivity contribution in [2.75, 3.05) is 9.21 Å². The second-order valence-electron chi connectivity index (χ2n) is 6.80. The number of ketones is 1. The molecule has 0 spiro atoms. The number of rotatable bonds is 4. The quantitative estimate of drug-likeness (QED) is 0.583. The van der Waals surface area contributed by atoms with E-state index in [1.807, 2.05) is 0 Å². The Morgan fingerprint density at radius 1 is 0.933 bits per heavy atom. The van der Waals surface area contributed by atoms with Crippen molar-refractivity contribution in [1.82, 2.24) is 0 Å². The summed E-state index contributed by atoms with van der Waals surface area (Å²) in [5.41, 5.74) is 0.927. The van der Waals surface area contributed by atoms with Crippen molar-refractivity contribution in [3.05, 3.63) is 89.7 Å². The molecule has 152 valence electrons. The fourth-order valence-electron chi connectivity index (χ4n) is 3.34. The Balaban J connectivity index is 1.85. The highest BCUT2D eigenvalue weighted by atomic mass is 32.2. The summed E-state index contributed by atoms with van der Waals surface area (Å²) in [6.07, 6.45) is 0. The van der Waals surface area contributed by atoms with Crippen LogP contribution in [0.15, 0.2) is 77.7 Å². The van der Waals surface area contributed by atoms with Crippen molar-refractivity contribution >= 4 is 33.2 Å². The van der Waals surface area contributed by atoms with Gasteiger partial charge in [-0.3, -0.25) is 9.69 Å². The standard InChI is InChI=1S/C22H17FN2O4S/c1-15(26)16-10-12-18(13-11-16)25-22(27)24(14-17-6-2-3-7-19(17)23)20-8-4-5-9-21(20)30(25,28)29/h2-13H,14H2,1H3. The molecule has 1 aliphatic heterocycles. The Morgan fingerprint density at radius 2 is 1.57 bits per heavy atom. The number of hydrogen-bond acceptors (Lipinski definition) is 4. The van der Waals surface area contributed by atoms with Gasteiger partial charge in [0.2, 0.25) is 0 Å². The van der Waals surface area contributed by atoms with E-state index in [0.717, 1.165) is 0 Å². The molecule has 0 saturated heterocycles. The van der Waals surface area contributed by atoms with E-state index in [1.54, 1.807) is 24.3 Å². The first-order valence-corrected chi connectivity index (χ1v) is 10.5. The van der Waals surface area contributed by atoms with Gasteiger partial charge in [-0.1, -0.05) is 30.3 Å². The molecule has 0 atom stereocenters. The number of benzene rings is 3. The first-order chi connectivity index (χ1) is 14.3. The zero-order chi connectivity index (χ0) is 21.5. The minimum absolute atomic E-state index is 0.0587. The lowest BCUT2D eigenvalue weighted by Gasteiger charge is -2.36. The van der Waals surface area contributed by atoms with Crippen LogP contribution < -0.4 is 9.21 Å². The summed E-state index contributed by atoms with van der Waals surface area (Å²) in [7, 11) is -4.19. The summed E-state index contributed by atoms with van der Waals surface area (Å²) in [4.78, 5) is 26.0. The van der Waals surface area contributed by atoms with E-state index in [4.69, 9.17) is 0 Å². The van der Waals surface area contributed by atoms with Crippen LogP contribution >= 0.6 is 0 Å². The number of carbonyl (C=O) groups is 2. The van der Waals surface area contributed by atoms with Gasteiger partial charge in [0.1, 0.15) is 10.7 Å². The molecular formula is C22H17FN2O4S. The van der Waals surface area contributed by atoms with Gasteiger partial charge < -0.3 is 0 Å². The lowest BCUT2D eigenvalue weighted by atomic mass is 10.1. The largest absolute Gasteiger partial charge is 0.343 e. The van der Waals surface area contributed by atoms with Crippen molar-refractivity contribution in [3.63, 3.8) is 0 Å². The molecule has 3 aromatic carbocycles. The number of nitrogens with zero attached hydrogens (tertiary/aromatic N) is 2. The van der Waals surface area contributed by atoms with Gasteiger partial charge in [0.15, 0.2) is 5.78 Å². The first-order valence-electron chi connectivity index (χ1n) is 9.11. The number of hydrogen-bond donors (Lipinski definition) is 0. The predicted octanol–water partition coefficient (Wildman–Crippen LogP) is 4.36. The Hall–Kier alpha value is -3.52. The molecule has 0 N–H and O–H groups in total. The summed E-state index contributed by atoms with van der Waals surface area (Å²) in [5, 5.41) is 0. The lowest BCUT2D eigenvalue weighted by molar-refractivity contribution is 0.101. The molecule has 0 aliphatic carbocycles. The van der Waals surface area contributed by atoms with Gasteiger partial charge in [-0.05, 0) is 49.4 Å². The van der Waals surface area contributed by atoms with Gasteiger partial charge in [0.05, 0.1) is 17.9 Å². The highest BCUT2D eigenvalue weighted by molar-refractivity contribution is 7.94. The fraction of sp³-hybridized carbons (Fsp3) is 0.0909. The molecule has 0 radical (unpaired) electrons. The maximum Gasteiger partial charge on any atom is 0.343 e. The summed E-state index contributed by atoms with van der Waals surface area (Å²) in [5.74, 6) is -0.672. The minimum atomic E-state index is -4.19. The van der Waals surface area contributed by atoms with Crippen molar-refractivity contribution in [1.29, 1.82) is 0 Å². The van der Waals surface area contributed by atoms with Crippen LogP contribution in [0.2, 0.25) is 0 Å². The molecule has 1 aliphatic rings. The van der Waals surface area contributed by atoms with Crippen LogP contribution in [-0.4, -0.2) is 20.2 Å². The van der Waals surface area contributed by atoms with Crippen LogP contribution in [0.3, 0.4) is 0 Å². The number of carbonyl (C=O) groups excluding carboxylic acids is 2. The van der Waals surface area contributed by atoms with Crippen LogP contribution in [0.4, 0.5) is 20.6 Å². The van der Waals surface area contributed by atoms with Crippen LogP contribution in [0, 0.1) is 5.82 Å². The molecule has 6 nitrogen and oxygen atoms in total. The number of sulfonamides is 1. The van der Waals surface area contributed by atoms with Crippen molar-refractivity contribution < 1.29 is 22.4 Å². The van der Waals surface area contributed by atoms with Gasteiger partial charge in [-0.25, -0.2) is 17.6 Å². The van der Waals surface area contributed by atoms with E-state index in [0.29, 0.717) is 9.87 Å². The Bertz CT molecular complexity index is 1260. The van der Waals surface area contributed by atoms with Crippen LogP contribution in [0.25, 0.3) is 0 Å². The maximum absolute atomic E-state index is 14.2.